The molecule has 142 valence electrons. The van der Waals surface area contributed by atoms with Gasteiger partial charge in [-0.3, -0.25) is 14.4 Å². The maximum Gasteiger partial charge on any atom is 0.326 e. The van der Waals surface area contributed by atoms with Gasteiger partial charge in [-0.2, -0.15) is 0 Å². The number of amides is 1. The summed E-state index contributed by atoms with van der Waals surface area (Å²) in [5.41, 5.74) is 2.66. The van der Waals surface area contributed by atoms with Crippen LogP contribution in [0, 0.1) is 13.8 Å². The number of carbonyl (C=O) groups is 3. The molecule has 27 heavy (non-hydrogen) atoms. The van der Waals surface area contributed by atoms with Gasteiger partial charge in [0.05, 0.1) is 7.11 Å². The van der Waals surface area contributed by atoms with Crippen LogP contribution in [0.25, 0.3) is 0 Å². The van der Waals surface area contributed by atoms with Crippen LogP contribution in [0.2, 0.25) is 0 Å². The fraction of sp³-hybridized carbons (Fsp3) is 0.286. The molecule has 0 saturated heterocycles. The Balaban J connectivity index is 1.91. The van der Waals surface area contributed by atoms with E-state index in [0.29, 0.717) is 16.9 Å². The maximum absolute atomic E-state index is 12.5. The largest absolute Gasteiger partial charge is 0.497 e. The predicted octanol–water partition coefficient (Wildman–Crippen LogP) is 2.86. The van der Waals surface area contributed by atoms with E-state index in [0.717, 1.165) is 11.1 Å². The number of aryl methyl sites for hydroxylation is 2. The molecular formula is C21H23NO5. The molecule has 0 bridgehead atoms. The van der Waals surface area contributed by atoms with Crippen molar-refractivity contribution in [1.29, 1.82) is 0 Å². The Kier molecular flexibility index (Phi) is 6.71. The number of methoxy groups -OCH3 is 1. The first-order valence-corrected chi connectivity index (χ1v) is 8.55. The Morgan fingerprint density at radius 2 is 1.81 bits per heavy atom. The summed E-state index contributed by atoms with van der Waals surface area (Å²) in [6.07, 6.45) is -0.938. The van der Waals surface area contributed by atoms with Crippen LogP contribution in [0.5, 0.6) is 5.75 Å². The Bertz CT molecular complexity index is 859. The average molecular weight is 369 g/mol. The molecular weight excluding hydrogens is 346 g/mol. The lowest BCUT2D eigenvalue weighted by molar-refractivity contribution is -0.145. The van der Waals surface area contributed by atoms with Crippen molar-refractivity contribution in [2.45, 2.75) is 26.9 Å². The van der Waals surface area contributed by atoms with E-state index in [1.807, 2.05) is 26.0 Å². The molecule has 0 aliphatic rings. The topological polar surface area (TPSA) is 81.7 Å². The van der Waals surface area contributed by atoms with Crippen LogP contribution in [0.4, 0.5) is 0 Å². The van der Waals surface area contributed by atoms with Crippen LogP contribution in [-0.4, -0.2) is 37.4 Å². The van der Waals surface area contributed by atoms with Crippen LogP contribution in [-0.2, 0) is 9.53 Å². The molecule has 0 aliphatic heterocycles. The van der Waals surface area contributed by atoms with Crippen LogP contribution in [0.15, 0.2) is 42.5 Å². The van der Waals surface area contributed by atoms with Gasteiger partial charge in [-0.15, -0.1) is 0 Å². The summed E-state index contributed by atoms with van der Waals surface area (Å²) in [7, 11) is 1.50. The summed E-state index contributed by atoms with van der Waals surface area (Å²) in [6, 6.07) is 12.1. The molecule has 2 rings (SSSR count). The summed E-state index contributed by atoms with van der Waals surface area (Å²) in [5, 5.41) is 2.47. The minimum absolute atomic E-state index is 0.274. The second kappa shape index (κ2) is 8.98. The Morgan fingerprint density at radius 3 is 2.52 bits per heavy atom. The molecule has 1 N–H and O–H groups in total. The molecule has 1 amide bonds. The van der Waals surface area contributed by atoms with Crippen LogP contribution in [0.1, 0.15) is 38.8 Å². The minimum Gasteiger partial charge on any atom is -0.497 e. The number of Topliss-reactive ketones (excluding diaryl/α,β-unsaturated/α-hetero) is 1. The van der Waals surface area contributed by atoms with Gasteiger partial charge < -0.3 is 14.8 Å². The van der Waals surface area contributed by atoms with Gasteiger partial charge in [-0.05, 0) is 50.6 Å². The summed E-state index contributed by atoms with van der Waals surface area (Å²) in [6.45, 7) is 4.91. The smallest absolute Gasteiger partial charge is 0.326 e. The highest BCUT2D eigenvalue weighted by Gasteiger charge is 2.21. The van der Waals surface area contributed by atoms with E-state index < -0.39 is 18.0 Å². The molecule has 0 aliphatic carbocycles. The van der Waals surface area contributed by atoms with Crippen molar-refractivity contribution in [3.8, 4) is 5.75 Å². The fourth-order valence-corrected chi connectivity index (χ4v) is 2.53. The molecule has 0 saturated carbocycles. The van der Waals surface area contributed by atoms with Crippen LogP contribution >= 0.6 is 0 Å². The molecule has 0 spiro atoms. The van der Waals surface area contributed by atoms with Crippen molar-refractivity contribution in [2.75, 3.05) is 13.7 Å². The van der Waals surface area contributed by atoms with Gasteiger partial charge in [0.2, 0.25) is 5.78 Å². The maximum atomic E-state index is 12.5. The molecule has 6 nitrogen and oxygen atoms in total. The van der Waals surface area contributed by atoms with Gasteiger partial charge in [0.25, 0.3) is 5.91 Å². The third kappa shape index (κ3) is 5.41. The molecule has 0 unspecified atom stereocenters. The number of esters is 1. The second-order valence-electron chi connectivity index (χ2n) is 6.23. The number of rotatable bonds is 7. The van der Waals surface area contributed by atoms with E-state index in [-0.39, 0.29) is 12.3 Å². The molecule has 0 aromatic heterocycles. The normalized spacial score (nSPS) is 11.4. The zero-order valence-electron chi connectivity index (χ0n) is 15.9. The van der Waals surface area contributed by atoms with Crippen molar-refractivity contribution in [3.05, 3.63) is 64.7 Å². The highest BCUT2D eigenvalue weighted by Crippen LogP contribution is 2.15. The van der Waals surface area contributed by atoms with Gasteiger partial charge >= 0.3 is 5.97 Å². The van der Waals surface area contributed by atoms with Crippen LogP contribution in [0.3, 0.4) is 0 Å². The molecule has 6 heteroatoms. The lowest BCUT2D eigenvalue weighted by atomic mass is 9.99. The number of ether oxygens (including phenoxy) is 2. The van der Waals surface area contributed by atoms with Gasteiger partial charge in [0, 0.05) is 11.1 Å². The van der Waals surface area contributed by atoms with E-state index in [9.17, 15) is 14.4 Å². The van der Waals surface area contributed by atoms with E-state index in [2.05, 4.69) is 5.32 Å². The number of nitrogens with one attached hydrogen (secondary N) is 1. The molecule has 0 fully saturated rings. The van der Waals surface area contributed by atoms with Crippen molar-refractivity contribution in [1.82, 2.24) is 5.32 Å². The summed E-state index contributed by atoms with van der Waals surface area (Å²) < 4.78 is 10.2. The number of ketones is 1. The van der Waals surface area contributed by atoms with E-state index in [1.165, 1.54) is 14.0 Å². The van der Waals surface area contributed by atoms with Crippen molar-refractivity contribution < 1.29 is 23.9 Å². The number of hydrogen-bond donors (Lipinski definition) is 1. The third-order valence-corrected chi connectivity index (χ3v) is 4.06. The summed E-state index contributed by atoms with van der Waals surface area (Å²) in [4.78, 5) is 36.6. The Hall–Kier alpha value is -3.15. The highest BCUT2D eigenvalue weighted by atomic mass is 16.5. The van der Waals surface area contributed by atoms with E-state index in [1.54, 1.807) is 30.3 Å². The molecule has 0 radical (unpaired) electrons. The molecule has 0 heterocycles. The zero-order valence-corrected chi connectivity index (χ0v) is 15.9. The molecule has 1 atom stereocenters. The van der Waals surface area contributed by atoms with Gasteiger partial charge in [0.15, 0.2) is 6.10 Å². The van der Waals surface area contributed by atoms with Crippen molar-refractivity contribution >= 4 is 17.7 Å². The van der Waals surface area contributed by atoms with Crippen LogP contribution < -0.4 is 10.1 Å². The van der Waals surface area contributed by atoms with Crippen molar-refractivity contribution in [2.24, 2.45) is 0 Å². The quantitative estimate of drug-likeness (QED) is 0.599. The van der Waals surface area contributed by atoms with Gasteiger partial charge in [-0.25, -0.2) is 0 Å². The summed E-state index contributed by atoms with van der Waals surface area (Å²) >= 11 is 0. The first-order valence-electron chi connectivity index (χ1n) is 8.55. The van der Waals surface area contributed by atoms with Crippen molar-refractivity contribution in [3.63, 3.8) is 0 Å². The lowest BCUT2D eigenvalue weighted by Crippen LogP contribution is -2.34. The molecule has 2 aromatic rings. The number of benzene rings is 2. The number of hydrogen-bond acceptors (Lipinski definition) is 5. The third-order valence-electron chi connectivity index (χ3n) is 4.06. The number of carbonyl (C=O) groups excluding carboxylic acids is 3. The van der Waals surface area contributed by atoms with Gasteiger partial charge in [0.1, 0.15) is 12.3 Å². The van der Waals surface area contributed by atoms with E-state index in [4.69, 9.17) is 9.47 Å². The van der Waals surface area contributed by atoms with E-state index >= 15 is 0 Å². The average Bonchev–Trinajstić information content (AvgIpc) is 2.67. The SMILES string of the molecule is COc1cccc(C(=O)NCC(=O)O[C@H](C)C(=O)c2cc(C)ccc2C)c1. The Morgan fingerprint density at radius 1 is 1.07 bits per heavy atom. The minimum atomic E-state index is -0.938. The van der Waals surface area contributed by atoms with Gasteiger partial charge in [-0.1, -0.05) is 23.8 Å². The summed E-state index contributed by atoms with van der Waals surface area (Å²) in [5.74, 6) is -0.849. The Labute approximate surface area is 158 Å². The molecule has 2 aromatic carbocycles. The first kappa shape index (κ1) is 20.2. The lowest BCUT2D eigenvalue weighted by Gasteiger charge is -2.14. The fourth-order valence-electron chi connectivity index (χ4n) is 2.53. The second-order valence-corrected chi connectivity index (χ2v) is 6.23. The first-order chi connectivity index (χ1) is 12.8. The monoisotopic (exact) mass is 369 g/mol. The highest BCUT2D eigenvalue weighted by molar-refractivity contribution is 6.02. The zero-order chi connectivity index (χ0) is 20.0. The standard InChI is InChI=1S/C21H23NO5/c1-13-8-9-14(2)18(10-13)20(24)15(3)27-19(23)12-22-21(25)16-6-5-7-17(11-16)26-4/h5-11,15H,12H2,1-4H3,(H,22,25)/t15-/m1/s1. The predicted molar refractivity (Wildman–Crippen MR) is 101 cm³/mol.